The lowest BCUT2D eigenvalue weighted by Gasteiger charge is -1.98. The zero-order valence-corrected chi connectivity index (χ0v) is 8.53. The maximum atomic E-state index is 8.66. The van der Waals surface area contributed by atoms with Crippen molar-refractivity contribution in [1.82, 2.24) is 4.90 Å². The van der Waals surface area contributed by atoms with Crippen molar-refractivity contribution in [1.29, 1.82) is 10.5 Å². The van der Waals surface area contributed by atoms with Crippen molar-refractivity contribution in [3.63, 3.8) is 0 Å². The van der Waals surface area contributed by atoms with Crippen LogP contribution < -0.4 is 0 Å². The first kappa shape index (κ1) is 9.64. The SMILES string of the molecule is N#Cc1ccc(C2=CN(C#N)[CH]S2)cc1. The molecule has 0 bridgehead atoms. The van der Waals surface area contributed by atoms with Gasteiger partial charge in [-0.25, -0.2) is 0 Å². The highest BCUT2D eigenvalue weighted by Gasteiger charge is 2.14. The van der Waals surface area contributed by atoms with Gasteiger partial charge in [-0.3, -0.25) is 4.90 Å². The van der Waals surface area contributed by atoms with Crippen LogP contribution >= 0.6 is 11.8 Å². The summed E-state index contributed by atoms with van der Waals surface area (Å²) in [6.07, 6.45) is 3.78. The monoisotopic (exact) mass is 212 g/mol. The minimum absolute atomic E-state index is 0.642. The first-order valence-corrected chi connectivity index (χ1v) is 5.12. The van der Waals surface area contributed by atoms with Gasteiger partial charge in [-0.05, 0) is 17.7 Å². The molecule has 71 valence electrons. The van der Waals surface area contributed by atoms with Crippen LogP contribution in [0, 0.1) is 28.7 Å². The fourth-order valence-corrected chi connectivity index (χ4v) is 1.99. The van der Waals surface area contributed by atoms with Crippen LogP contribution in [0.5, 0.6) is 0 Å². The molecule has 0 spiro atoms. The van der Waals surface area contributed by atoms with Gasteiger partial charge in [0.1, 0.15) is 5.88 Å². The Kier molecular flexibility index (Phi) is 2.62. The summed E-state index contributed by atoms with van der Waals surface area (Å²) < 4.78 is 0. The summed E-state index contributed by atoms with van der Waals surface area (Å²) in [7, 11) is 0. The summed E-state index contributed by atoms with van der Waals surface area (Å²) in [5.41, 5.74) is 1.66. The highest BCUT2D eigenvalue weighted by molar-refractivity contribution is 8.10. The third kappa shape index (κ3) is 1.96. The largest absolute Gasteiger partial charge is 0.269 e. The lowest BCUT2D eigenvalue weighted by atomic mass is 10.1. The Bertz CT molecular complexity index is 476. The topological polar surface area (TPSA) is 50.8 Å². The molecule has 0 amide bonds. The summed E-state index contributed by atoms with van der Waals surface area (Å²) in [4.78, 5) is 2.47. The Hall–Kier alpha value is -1.91. The van der Waals surface area contributed by atoms with Gasteiger partial charge in [0, 0.05) is 11.1 Å². The zero-order valence-electron chi connectivity index (χ0n) is 7.71. The van der Waals surface area contributed by atoms with Gasteiger partial charge in [0.2, 0.25) is 0 Å². The Balaban J connectivity index is 2.25. The number of nitriles is 2. The van der Waals surface area contributed by atoms with Crippen LogP contribution in [-0.4, -0.2) is 4.90 Å². The second-order valence-electron chi connectivity index (χ2n) is 2.91. The van der Waals surface area contributed by atoms with Gasteiger partial charge < -0.3 is 0 Å². The van der Waals surface area contributed by atoms with Gasteiger partial charge in [-0.1, -0.05) is 23.9 Å². The van der Waals surface area contributed by atoms with E-state index < -0.39 is 0 Å². The van der Waals surface area contributed by atoms with E-state index in [0.29, 0.717) is 5.56 Å². The van der Waals surface area contributed by atoms with Crippen LogP contribution in [0.2, 0.25) is 0 Å². The van der Waals surface area contributed by atoms with Crippen LogP contribution in [0.3, 0.4) is 0 Å². The Morgan fingerprint density at radius 1 is 1.13 bits per heavy atom. The van der Waals surface area contributed by atoms with E-state index >= 15 is 0 Å². The molecule has 1 heterocycles. The highest BCUT2D eigenvalue weighted by Crippen LogP contribution is 2.36. The summed E-state index contributed by atoms with van der Waals surface area (Å²) in [6.45, 7) is 0. The molecule has 1 aromatic rings. The fraction of sp³-hybridized carbons (Fsp3) is 0. The molecule has 0 atom stereocenters. The van der Waals surface area contributed by atoms with Crippen molar-refractivity contribution in [3.8, 4) is 12.3 Å². The molecule has 1 aliphatic rings. The van der Waals surface area contributed by atoms with Crippen LogP contribution in [0.1, 0.15) is 11.1 Å². The highest BCUT2D eigenvalue weighted by atomic mass is 32.2. The van der Waals surface area contributed by atoms with Gasteiger partial charge in [-0.15, -0.1) is 0 Å². The molecule has 0 saturated heterocycles. The molecule has 3 nitrogen and oxygen atoms in total. The third-order valence-corrected chi connectivity index (χ3v) is 2.89. The quantitative estimate of drug-likeness (QED) is 0.671. The van der Waals surface area contributed by atoms with Gasteiger partial charge >= 0.3 is 0 Å². The predicted molar refractivity (Wildman–Crippen MR) is 58.5 cm³/mol. The Morgan fingerprint density at radius 2 is 1.87 bits per heavy atom. The molecule has 1 aromatic carbocycles. The normalized spacial score (nSPS) is 14.3. The van der Waals surface area contributed by atoms with Crippen molar-refractivity contribution in [2.24, 2.45) is 0 Å². The van der Waals surface area contributed by atoms with Gasteiger partial charge in [0.15, 0.2) is 6.19 Å². The minimum atomic E-state index is 0.642. The number of rotatable bonds is 1. The van der Waals surface area contributed by atoms with Crippen molar-refractivity contribution >= 4 is 16.7 Å². The maximum absolute atomic E-state index is 8.66. The molecule has 2 rings (SSSR count). The summed E-state index contributed by atoms with van der Waals surface area (Å²) in [5.74, 6) is 1.74. The first-order valence-electron chi connectivity index (χ1n) is 4.24. The molecule has 0 fully saturated rings. The van der Waals surface area contributed by atoms with Gasteiger partial charge in [0.05, 0.1) is 11.6 Å². The number of thioether (sulfide) groups is 1. The van der Waals surface area contributed by atoms with Crippen molar-refractivity contribution in [2.75, 3.05) is 0 Å². The average molecular weight is 212 g/mol. The molecule has 15 heavy (non-hydrogen) atoms. The number of hydrogen-bond acceptors (Lipinski definition) is 4. The van der Waals surface area contributed by atoms with Gasteiger partial charge in [-0.2, -0.15) is 10.5 Å². The Morgan fingerprint density at radius 3 is 2.40 bits per heavy atom. The molecule has 0 saturated carbocycles. The second-order valence-corrected chi connectivity index (χ2v) is 3.80. The second kappa shape index (κ2) is 4.08. The van der Waals surface area contributed by atoms with E-state index in [1.165, 1.54) is 16.7 Å². The summed E-state index contributed by atoms with van der Waals surface area (Å²) >= 11 is 1.50. The fourth-order valence-electron chi connectivity index (χ4n) is 1.20. The molecule has 0 aliphatic carbocycles. The van der Waals surface area contributed by atoms with Crippen molar-refractivity contribution < 1.29 is 0 Å². The molecule has 4 heteroatoms. The van der Waals surface area contributed by atoms with Crippen LogP contribution in [0.4, 0.5) is 0 Å². The van der Waals surface area contributed by atoms with E-state index in [2.05, 4.69) is 6.07 Å². The van der Waals surface area contributed by atoms with Crippen LogP contribution in [-0.2, 0) is 0 Å². The van der Waals surface area contributed by atoms with Crippen molar-refractivity contribution in [3.05, 3.63) is 47.5 Å². The predicted octanol–water partition coefficient (Wildman–Crippen LogP) is 2.51. The summed E-state index contributed by atoms with van der Waals surface area (Å²) in [6, 6.07) is 9.37. The lowest BCUT2D eigenvalue weighted by Crippen LogP contribution is -1.96. The summed E-state index contributed by atoms with van der Waals surface area (Å²) in [5, 5.41) is 17.3. The Labute approximate surface area is 92.2 Å². The molecule has 0 unspecified atom stereocenters. The third-order valence-electron chi connectivity index (χ3n) is 1.96. The van der Waals surface area contributed by atoms with Crippen LogP contribution in [0.15, 0.2) is 30.5 Å². The standard InChI is InChI=1S/C11H6N3S/c12-5-9-1-3-10(4-2-9)11-6-14(7-13)8-15-11/h1-4,6,8H. The van der Waals surface area contributed by atoms with E-state index in [4.69, 9.17) is 10.5 Å². The smallest absolute Gasteiger partial charge is 0.184 e. The molecule has 0 aromatic heterocycles. The van der Waals surface area contributed by atoms with E-state index in [1.807, 2.05) is 18.3 Å². The van der Waals surface area contributed by atoms with Crippen LogP contribution in [0.25, 0.3) is 4.91 Å². The molecular weight excluding hydrogens is 206 g/mol. The molecular formula is C11H6N3S. The van der Waals surface area contributed by atoms with E-state index in [9.17, 15) is 0 Å². The average Bonchev–Trinajstić information content (AvgIpc) is 2.78. The van der Waals surface area contributed by atoms with Crippen molar-refractivity contribution in [2.45, 2.75) is 0 Å². The van der Waals surface area contributed by atoms with E-state index in [1.54, 1.807) is 24.2 Å². The van der Waals surface area contributed by atoms with E-state index in [-0.39, 0.29) is 0 Å². The van der Waals surface area contributed by atoms with Gasteiger partial charge in [0.25, 0.3) is 0 Å². The maximum Gasteiger partial charge on any atom is 0.184 e. The first-order chi connectivity index (χ1) is 7.33. The minimum Gasteiger partial charge on any atom is -0.269 e. The lowest BCUT2D eigenvalue weighted by molar-refractivity contribution is 0.704. The molecule has 0 N–H and O–H groups in total. The number of hydrogen-bond donors (Lipinski definition) is 0. The number of benzene rings is 1. The zero-order chi connectivity index (χ0) is 10.7. The molecule has 1 radical (unpaired) electrons. The van der Waals surface area contributed by atoms with E-state index in [0.717, 1.165) is 10.5 Å². The number of nitrogens with zero attached hydrogens (tertiary/aromatic N) is 3. The molecule has 1 aliphatic heterocycles.